The second kappa shape index (κ2) is 7.28. The van der Waals surface area contributed by atoms with E-state index < -0.39 is 17.9 Å². The van der Waals surface area contributed by atoms with Gasteiger partial charge in [-0.25, -0.2) is 4.79 Å². The first kappa shape index (κ1) is 16.3. The summed E-state index contributed by atoms with van der Waals surface area (Å²) in [5.74, 6) is -1.40. The number of carboxylic acid groups (broad SMARTS) is 1. The number of carbonyl (C=O) groups is 3. The molecule has 22 heavy (non-hydrogen) atoms. The Morgan fingerprint density at radius 3 is 2.95 bits per heavy atom. The first-order chi connectivity index (χ1) is 10.5. The summed E-state index contributed by atoms with van der Waals surface area (Å²) in [5.41, 5.74) is 0.864. The van der Waals surface area contributed by atoms with E-state index in [1.54, 1.807) is 18.2 Å². The molecule has 0 fully saturated rings. The highest BCUT2D eigenvalue weighted by Crippen LogP contribution is 2.31. The van der Waals surface area contributed by atoms with Gasteiger partial charge in [0.1, 0.15) is 6.04 Å². The van der Waals surface area contributed by atoms with Crippen molar-refractivity contribution >= 4 is 35.2 Å². The molecule has 0 saturated heterocycles. The van der Waals surface area contributed by atoms with E-state index >= 15 is 0 Å². The van der Waals surface area contributed by atoms with Crippen LogP contribution >= 0.6 is 11.8 Å². The number of ether oxygens (including phenoxy) is 1. The van der Waals surface area contributed by atoms with Crippen LogP contribution < -0.4 is 10.6 Å². The lowest BCUT2D eigenvalue weighted by atomic mass is 10.1. The van der Waals surface area contributed by atoms with Crippen LogP contribution in [0.3, 0.4) is 0 Å². The molecular weight excluding hydrogens is 308 g/mol. The Kier molecular flexibility index (Phi) is 5.40. The molecule has 2 rings (SSSR count). The second-order valence-corrected chi connectivity index (χ2v) is 5.71. The van der Waals surface area contributed by atoms with Gasteiger partial charge < -0.3 is 20.5 Å². The largest absolute Gasteiger partial charge is 0.480 e. The fraction of sp³-hybridized carbons (Fsp3) is 0.357. The maximum atomic E-state index is 12.2. The van der Waals surface area contributed by atoms with Gasteiger partial charge in [-0.3, -0.25) is 9.59 Å². The molecule has 118 valence electrons. The van der Waals surface area contributed by atoms with Gasteiger partial charge in [0, 0.05) is 30.6 Å². The van der Waals surface area contributed by atoms with E-state index in [0.717, 1.165) is 4.90 Å². The number of hydrogen-bond donors (Lipinski definition) is 3. The average molecular weight is 324 g/mol. The molecule has 0 bridgehead atoms. The lowest BCUT2D eigenvalue weighted by molar-refractivity contribution is -0.139. The zero-order chi connectivity index (χ0) is 16.1. The Morgan fingerprint density at radius 2 is 2.27 bits per heavy atom. The normalized spacial score (nSPS) is 14.7. The summed E-state index contributed by atoms with van der Waals surface area (Å²) in [5, 5.41) is 14.2. The molecule has 0 spiro atoms. The Labute approximate surface area is 131 Å². The third kappa shape index (κ3) is 3.99. The first-order valence-corrected chi connectivity index (χ1v) is 7.59. The van der Waals surface area contributed by atoms with Crippen LogP contribution in [-0.4, -0.2) is 48.4 Å². The molecule has 0 aliphatic carbocycles. The van der Waals surface area contributed by atoms with Crippen LogP contribution in [0.15, 0.2) is 23.1 Å². The Morgan fingerprint density at radius 1 is 1.50 bits per heavy atom. The highest BCUT2D eigenvalue weighted by atomic mass is 32.2. The van der Waals surface area contributed by atoms with E-state index in [2.05, 4.69) is 10.6 Å². The van der Waals surface area contributed by atoms with Crippen molar-refractivity contribution in [3.8, 4) is 0 Å². The quantitative estimate of drug-likeness (QED) is 0.719. The summed E-state index contributed by atoms with van der Waals surface area (Å²) in [6.45, 7) is 0.230. The summed E-state index contributed by atoms with van der Waals surface area (Å²) in [6, 6.07) is 3.87. The van der Waals surface area contributed by atoms with Crippen molar-refractivity contribution < 1.29 is 24.2 Å². The number of anilines is 1. The van der Waals surface area contributed by atoms with E-state index in [9.17, 15) is 14.4 Å². The number of hydrogen-bond acceptors (Lipinski definition) is 5. The van der Waals surface area contributed by atoms with Gasteiger partial charge in [-0.2, -0.15) is 0 Å². The van der Waals surface area contributed by atoms with Crippen LogP contribution in [-0.2, 0) is 14.3 Å². The standard InChI is InChI=1S/C14H16N2O5S/c1-21-5-4-9(14(19)20)16-13(18)8-2-3-11-10(6-8)15-12(17)7-22-11/h2-3,6,9H,4-5,7H2,1H3,(H,15,17)(H,16,18)(H,19,20)/t9-/m1/s1. The first-order valence-electron chi connectivity index (χ1n) is 6.60. The molecule has 1 heterocycles. The molecule has 1 atom stereocenters. The molecule has 1 aliphatic rings. The number of aliphatic carboxylic acids is 1. The lowest BCUT2D eigenvalue weighted by Crippen LogP contribution is -2.41. The predicted molar refractivity (Wildman–Crippen MR) is 81.2 cm³/mol. The Hall–Kier alpha value is -2.06. The van der Waals surface area contributed by atoms with Crippen LogP contribution in [0.1, 0.15) is 16.8 Å². The summed E-state index contributed by atoms with van der Waals surface area (Å²) >= 11 is 1.39. The van der Waals surface area contributed by atoms with Gasteiger partial charge in [-0.05, 0) is 18.2 Å². The number of carboxylic acids is 1. The Bertz CT molecular complexity index is 605. The van der Waals surface area contributed by atoms with E-state index in [1.165, 1.54) is 18.9 Å². The van der Waals surface area contributed by atoms with Gasteiger partial charge in [0.25, 0.3) is 5.91 Å². The van der Waals surface area contributed by atoms with Gasteiger partial charge in [0.05, 0.1) is 11.4 Å². The number of amides is 2. The van der Waals surface area contributed by atoms with Gasteiger partial charge in [-0.1, -0.05) is 0 Å². The topological polar surface area (TPSA) is 105 Å². The fourth-order valence-electron chi connectivity index (χ4n) is 1.96. The highest BCUT2D eigenvalue weighted by molar-refractivity contribution is 8.00. The number of fused-ring (bicyclic) bond motifs is 1. The van der Waals surface area contributed by atoms with Crippen molar-refractivity contribution in [1.82, 2.24) is 5.32 Å². The number of rotatable bonds is 6. The monoisotopic (exact) mass is 324 g/mol. The van der Waals surface area contributed by atoms with Gasteiger partial charge >= 0.3 is 5.97 Å². The molecular formula is C14H16N2O5S. The number of carbonyl (C=O) groups excluding carboxylic acids is 2. The molecule has 0 unspecified atom stereocenters. The predicted octanol–water partition coefficient (Wildman–Crippen LogP) is 0.950. The van der Waals surface area contributed by atoms with Gasteiger partial charge in [0.2, 0.25) is 5.91 Å². The molecule has 8 heteroatoms. The third-order valence-electron chi connectivity index (χ3n) is 3.09. The summed E-state index contributed by atoms with van der Waals surface area (Å²) in [6.07, 6.45) is 0.176. The van der Waals surface area contributed by atoms with E-state index in [0.29, 0.717) is 17.0 Å². The maximum Gasteiger partial charge on any atom is 0.326 e. The van der Waals surface area contributed by atoms with Crippen molar-refractivity contribution in [3.63, 3.8) is 0 Å². The molecule has 1 aromatic carbocycles. The van der Waals surface area contributed by atoms with Crippen LogP contribution in [0.25, 0.3) is 0 Å². The number of nitrogens with one attached hydrogen (secondary N) is 2. The maximum absolute atomic E-state index is 12.2. The highest BCUT2D eigenvalue weighted by Gasteiger charge is 2.22. The molecule has 0 saturated carbocycles. The summed E-state index contributed by atoms with van der Waals surface area (Å²) in [7, 11) is 1.46. The molecule has 0 aromatic heterocycles. The zero-order valence-corrected chi connectivity index (χ0v) is 12.7. The molecule has 1 aromatic rings. The third-order valence-corrected chi connectivity index (χ3v) is 4.16. The minimum Gasteiger partial charge on any atom is -0.480 e. The van der Waals surface area contributed by atoms with Gasteiger partial charge in [-0.15, -0.1) is 11.8 Å². The van der Waals surface area contributed by atoms with Crippen molar-refractivity contribution in [2.45, 2.75) is 17.4 Å². The van der Waals surface area contributed by atoms with E-state index in [1.807, 2.05) is 0 Å². The zero-order valence-electron chi connectivity index (χ0n) is 11.9. The van der Waals surface area contributed by atoms with E-state index in [-0.39, 0.29) is 18.9 Å². The van der Waals surface area contributed by atoms with E-state index in [4.69, 9.17) is 9.84 Å². The van der Waals surface area contributed by atoms with Crippen LogP contribution in [0.2, 0.25) is 0 Å². The summed E-state index contributed by atoms with van der Waals surface area (Å²) in [4.78, 5) is 35.5. The fourth-order valence-corrected chi connectivity index (χ4v) is 2.75. The van der Waals surface area contributed by atoms with Crippen molar-refractivity contribution in [3.05, 3.63) is 23.8 Å². The minimum absolute atomic E-state index is 0.126. The average Bonchev–Trinajstić information content (AvgIpc) is 2.50. The molecule has 7 nitrogen and oxygen atoms in total. The smallest absolute Gasteiger partial charge is 0.326 e. The molecule has 1 aliphatic heterocycles. The van der Waals surface area contributed by atoms with Crippen LogP contribution in [0, 0.1) is 0 Å². The van der Waals surface area contributed by atoms with Gasteiger partial charge in [0.15, 0.2) is 0 Å². The van der Waals surface area contributed by atoms with Crippen molar-refractivity contribution in [1.29, 1.82) is 0 Å². The SMILES string of the molecule is COCC[C@@H](NC(=O)c1ccc2c(c1)NC(=O)CS2)C(=O)O. The molecule has 2 amide bonds. The number of thioether (sulfide) groups is 1. The van der Waals surface area contributed by atoms with Crippen LogP contribution in [0.4, 0.5) is 5.69 Å². The van der Waals surface area contributed by atoms with Crippen LogP contribution in [0.5, 0.6) is 0 Å². The lowest BCUT2D eigenvalue weighted by Gasteiger charge is -2.18. The molecule has 3 N–H and O–H groups in total. The Balaban J connectivity index is 2.10. The number of methoxy groups -OCH3 is 1. The minimum atomic E-state index is -1.12. The number of benzene rings is 1. The molecule has 0 radical (unpaired) electrons. The van der Waals surface area contributed by atoms with Crippen molar-refractivity contribution in [2.75, 3.05) is 24.8 Å². The second-order valence-electron chi connectivity index (χ2n) is 4.69. The summed E-state index contributed by atoms with van der Waals surface area (Å²) < 4.78 is 4.83. The van der Waals surface area contributed by atoms with Crippen molar-refractivity contribution in [2.24, 2.45) is 0 Å².